The van der Waals surface area contributed by atoms with Crippen molar-refractivity contribution in [2.75, 3.05) is 20.3 Å². The van der Waals surface area contributed by atoms with E-state index in [0.717, 1.165) is 6.42 Å². The van der Waals surface area contributed by atoms with E-state index in [1.807, 2.05) is 13.0 Å². The predicted octanol–water partition coefficient (Wildman–Crippen LogP) is 2.17. The summed E-state index contributed by atoms with van der Waals surface area (Å²) in [7, 11) is -1.89. The van der Waals surface area contributed by atoms with Crippen LogP contribution >= 0.6 is 11.6 Å². The molecule has 0 spiro atoms. The van der Waals surface area contributed by atoms with E-state index in [4.69, 9.17) is 16.3 Å². The Balaban J connectivity index is 2.95. The summed E-state index contributed by atoms with van der Waals surface area (Å²) in [6.07, 6.45) is 1.21. The van der Waals surface area contributed by atoms with E-state index in [0.29, 0.717) is 30.0 Å². The lowest BCUT2D eigenvalue weighted by Crippen LogP contribution is -2.26. The second kappa shape index (κ2) is 7.85. The van der Waals surface area contributed by atoms with E-state index in [1.54, 1.807) is 25.3 Å². The van der Waals surface area contributed by atoms with Crippen molar-refractivity contribution in [3.05, 3.63) is 29.8 Å². The van der Waals surface area contributed by atoms with Crippen LogP contribution in [0.25, 0.3) is 0 Å². The number of benzene rings is 1. The predicted molar refractivity (Wildman–Crippen MR) is 77.1 cm³/mol. The van der Waals surface area contributed by atoms with Gasteiger partial charge < -0.3 is 4.74 Å². The van der Waals surface area contributed by atoms with Gasteiger partial charge in [0.2, 0.25) is 10.0 Å². The summed E-state index contributed by atoms with van der Waals surface area (Å²) in [6, 6.07) is 6.91. The van der Waals surface area contributed by atoms with Crippen LogP contribution in [-0.2, 0) is 21.2 Å². The smallest absolute Gasteiger partial charge is 0.240 e. The van der Waals surface area contributed by atoms with Crippen LogP contribution in [-0.4, -0.2) is 34.1 Å². The van der Waals surface area contributed by atoms with Crippen LogP contribution in [0.4, 0.5) is 0 Å². The molecule has 0 aliphatic heterocycles. The van der Waals surface area contributed by atoms with E-state index in [9.17, 15) is 8.42 Å². The molecule has 19 heavy (non-hydrogen) atoms. The lowest BCUT2D eigenvalue weighted by Gasteiger charge is -2.13. The maximum absolute atomic E-state index is 12.2. The molecular weight excluding hydrogens is 286 g/mol. The molecule has 1 unspecified atom stereocenters. The van der Waals surface area contributed by atoms with Crippen molar-refractivity contribution in [1.82, 2.24) is 4.72 Å². The van der Waals surface area contributed by atoms with Gasteiger partial charge in [-0.3, -0.25) is 0 Å². The van der Waals surface area contributed by atoms with Crippen LogP contribution in [0, 0.1) is 0 Å². The van der Waals surface area contributed by atoms with Crippen molar-refractivity contribution < 1.29 is 13.2 Å². The van der Waals surface area contributed by atoms with Gasteiger partial charge in [0, 0.05) is 13.7 Å². The topological polar surface area (TPSA) is 55.4 Å². The van der Waals surface area contributed by atoms with Gasteiger partial charge in [-0.25, -0.2) is 13.1 Å². The normalized spacial score (nSPS) is 13.4. The summed E-state index contributed by atoms with van der Waals surface area (Å²) in [5.41, 5.74) is 0.711. The first kappa shape index (κ1) is 16.4. The fourth-order valence-corrected chi connectivity index (χ4v) is 3.40. The lowest BCUT2D eigenvalue weighted by atomic mass is 10.1. The fourth-order valence-electron chi connectivity index (χ4n) is 1.73. The molecule has 0 fully saturated rings. The van der Waals surface area contributed by atoms with Gasteiger partial charge in [0.05, 0.1) is 16.9 Å². The number of sulfonamides is 1. The highest BCUT2D eigenvalue weighted by Gasteiger charge is 2.19. The van der Waals surface area contributed by atoms with Crippen LogP contribution < -0.4 is 4.72 Å². The summed E-state index contributed by atoms with van der Waals surface area (Å²) in [5.74, 6) is 0. The maximum Gasteiger partial charge on any atom is 0.240 e. The Morgan fingerprint density at radius 2 is 2.05 bits per heavy atom. The third kappa shape index (κ3) is 5.10. The summed E-state index contributed by atoms with van der Waals surface area (Å²) < 4.78 is 31.9. The summed E-state index contributed by atoms with van der Waals surface area (Å²) in [4.78, 5) is 0.296. The first-order chi connectivity index (χ1) is 9.01. The van der Waals surface area contributed by atoms with Crippen molar-refractivity contribution in [3.8, 4) is 0 Å². The molecule has 1 aromatic rings. The Labute approximate surface area is 120 Å². The quantitative estimate of drug-likeness (QED) is 0.749. The molecule has 1 atom stereocenters. The number of methoxy groups -OCH3 is 1. The third-order valence-electron chi connectivity index (χ3n) is 2.59. The van der Waals surface area contributed by atoms with E-state index in [2.05, 4.69) is 4.72 Å². The summed E-state index contributed by atoms with van der Waals surface area (Å²) in [6.45, 7) is 2.74. The van der Waals surface area contributed by atoms with Gasteiger partial charge >= 0.3 is 0 Å². The standard InChI is InChI=1S/C13H20ClNO3S/c1-3-8-15-19(16,17)13-7-5-4-6-11(13)9-12(14)10-18-2/h4-7,12,15H,3,8-10H2,1-2H3. The Morgan fingerprint density at radius 3 is 2.68 bits per heavy atom. The van der Waals surface area contributed by atoms with Crippen LogP contribution in [0.3, 0.4) is 0 Å². The highest BCUT2D eigenvalue weighted by atomic mass is 35.5. The van der Waals surface area contributed by atoms with Crippen LogP contribution in [0.1, 0.15) is 18.9 Å². The molecule has 108 valence electrons. The first-order valence-electron chi connectivity index (χ1n) is 6.21. The molecular formula is C13H20ClNO3S. The second-order valence-corrected chi connectivity index (χ2v) is 6.61. The van der Waals surface area contributed by atoms with Crippen LogP contribution in [0.15, 0.2) is 29.2 Å². The largest absolute Gasteiger partial charge is 0.383 e. The average Bonchev–Trinajstić information content (AvgIpc) is 2.37. The number of alkyl halides is 1. The molecule has 0 radical (unpaired) electrons. The van der Waals surface area contributed by atoms with Gasteiger partial charge in [0.1, 0.15) is 0 Å². The average molecular weight is 306 g/mol. The number of hydrogen-bond donors (Lipinski definition) is 1. The Morgan fingerprint density at radius 1 is 1.37 bits per heavy atom. The van der Waals surface area contributed by atoms with Crippen molar-refractivity contribution in [1.29, 1.82) is 0 Å². The third-order valence-corrected chi connectivity index (χ3v) is 4.43. The van der Waals surface area contributed by atoms with Crippen LogP contribution in [0.5, 0.6) is 0 Å². The first-order valence-corrected chi connectivity index (χ1v) is 8.13. The molecule has 0 aliphatic rings. The number of halogens is 1. The zero-order chi connectivity index (χ0) is 14.3. The summed E-state index contributed by atoms with van der Waals surface area (Å²) in [5, 5.41) is -0.243. The Kier molecular flexibility index (Phi) is 6.79. The van der Waals surface area contributed by atoms with E-state index >= 15 is 0 Å². The van der Waals surface area contributed by atoms with Crippen molar-refractivity contribution >= 4 is 21.6 Å². The highest BCUT2D eigenvalue weighted by Crippen LogP contribution is 2.18. The minimum atomic E-state index is -3.46. The number of ether oxygens (including phenoxy) is 1. The Bertz CT molecular complexity index is 490. The second-order valence-electron chi connectivity index (χ2n) is 4.26. The Hall–Kier alpha value is -0.620. The number of hydrogen-bond acceptors (Lipinski definition) is 3. The number of nitrogens with one attached hydrogen (secondary N) is 1. The van der Waals surface area contributed by atoms with Crippen molar-refractivity contribution in [2.24, 2.45) is 0 Å². The maximum atomic E-state index is 12.2. The fraction of sp³-hybridized carbons (Fsp3) is 0.538. The summed E-state index contributed by atoms with van der Waals surface area (Å²) >= 11 is 6.10. The van der Waals surface area contributed by atoms with Gasteiger partial charge in [-0.05, 0) is 24.5 Å². The molecule has 0 saturated heterocycles. The molecule has 1 N–H and O–H groups in total. The van der Waals surface area contributed by atoms with E-state index in [1.165, 1.54) is 0 Å². The van der Waals surface area contributed by atoms with Gasteiger partial charge in [0.25, 0.3) is 0 Å². The molecule has 1 rings (SSSR count). The molecule has 1 aromatic carbocycles. The van der Waals surface area contributed by atoms with Crippen molar-refractivity contribution in [3.63, 3.8) is 0 Å². The SMILES string of the molecule is CCCNS(=O)(=O)c1ccccc1CC(Cl)COC. The molecule has 0 aliphatic carbocycles. The molecule has 4 nitrogen and oxygen atoms in total. The van der Waals surface area contributed by atoms with E-state index < -0.39 is 10.0 Å². The zero-order valence-corrected chi connectivity index (χ0v) is 12.8. The van der Waals surface area contributed by atoms with Crippen molar-refractivity contribution in [2.45, 2.75) is 30.0 Å². The molecule has 0 aromatic heterocycles. The minimum Gasteiger partial charge on any atom is -0.383 e. The molecule has 0 amide bonds. The molecule has 0 saturated carbocycles. The van der Waals surface area contributed by atoms with E-state index in [-0.39, 0.29) is 5.38 Å². The van der Waals surface area contributed by atoms with Gasteiger partial charge in [0.15, 0.2) is 0 Å². The molecule has 0 bridgehead atoms. The lowest BCUT2D eigenvalue weighted by molar-refractivity contribution is 0.197. The van der Waals surface area contributed by atoms with Gasteiger partial charge in [-0.1, -0.05) is 25.1 Å². The van der Waals surface area contributed by atoms with Gasteiger partial charge in [-0.2, -0.15) is 0 Å². The molecule has 0 heterocycles. The minimum absolute atomic E-state index is 0.243. The molecule has 6 heteroatoms. The van der Waals surface area contributed by atoms with Gasteiger partial charge in [-0.15, -0.1) is 11.6 Å². The zero-order valence-electron chi connectivity index (χ0n) is 11.2. The monoisotopic (exact) mass is 305 g/mol. The highest BCUT2D eigenvalue weighted by molar-refractivity contribution is 7.89. The van der Waals surface area contributed by atoms with Crippen LogP contribution in [0.2, 0.25) is 0 Å². The number of rotatable bonds is 8.